The highest BCUT2D eigenvalue weighted by atomic mass is 16.5. The van der Waals surface area contributed by atoms with E-state index in [2.05, 4.69) is 15.8 Å². The van der Waals surface area contributed by atoms with Crippen LogP contribution in [0, 0.1) is 0 Å². The summed E-state index contributed by atoms with van der Waals surface area (Å²) < 4.78 is 16.6. The zero-order valence-electron chi connectivity index (χ0n) is 19.1. The van der Waals surface area contributed by atoms with Gasteiger partial charge in [0.15, 0.2) is 18.1 Å². The molecule has 0 heterocycles. The second-order valence-corrected chi connectivity index (χ2v) is 7.00. The van der Waals surface area contributed by atoms with Crippen LogP contribution in [-0.4, -0.2) is 37.8 Å². The van der Waals surface area contributed by atoms with Gasteiger partial charge in [0.2, 0.25) is 0 Å². The van der Waals surface area contributed by atoms with Crippen molar-refractivity contribution < 1.29 is 23.8 Å². The van der Waals surface area contributed by atoms with E-state index in [-0.39, 0.29) is 18.4 Å². The summed E-state index contributed by atoms with van der Waals surface area (Å²) in [6, 6.07) is 21.1. The van der Waals surface area contributed by atoms with E-state index < -0.39 is 0 Å². The van der Waals surface area contributed by atoms with Gasteiger partial charge >= 0.3 is 0 Å². The molecule has 3 aromatic carbocycles. The molecule has 8 heteroatoms. The predicted molar refractivity (Wildman–Crippen MR) is 131 cm³/mol. The van der Waals surface area contributed by atoms with Crippen molar-refractivity contribution in [3.8, 4) is 17.2 Å². The standard InChI is InChI=1S/C26H27N3O5/c1-3-32-23-14-13-20(16-24(23)33-4-2)26(31)29-27-17-19-9-8-12-22(15-19)34-18-25(30)28-21-10-6-5-7-11-21/h5-17H,3-4,18H2,1-2H3,(H,28,30)(H,29,31)/b27-17+. The maximum atomic E-state index is 12.5. The molecule has 0 saturated carbocycles. The van der Waals surface area contributed by atoms with Crippen molar-refractivity contribution in [1.82, 2.24) is 5.43 Å². The van der Waals surface area contributed by atoms with E-state index in [4.69, 9.17) is 14.2 Å². The molecule has 0 aromatic heterocycles. The monoisotopic (exact) mass is 461 g/mol. The van der Waals surface area contributed by atoms with Crippen molar-refractivity contribution in [2.24, 2.45) is 5.10 Å². The third kappa shape index (κ3) is 7.37. The SMILES string of the molecule is CCOc1ccc(C(=O)N/N=C/c2cccc(OCC(=O)Nc3ccccc3)c2)cc1OCC. The maximum Gasteiger partial charge on any atom is 0.271 e. The largest absolute Gasteiger partial charge is 0.490 e. The summed E-state index contributed by atoms with van der Waals surface area (Å²) in [4.78, 5) is 24.5. The van der Waals surface area contributed by atoms with E-state index in [0.29, 0.717) is 47.3 Å². The van der Waals surface area contributed by atoms with Crippen LogP contribution in [0.1, 0.15) is 29.8 Å². The van der Waals surface area contributed by atoms with Gasteiger partial charge in [-0.3, -0.25) is 9.59 Å². The number of ether oxygens (including phenoxy) is 3. The number of para-hydroxylation sites is 1. The van der Waals surface area contributed by atoms with Crippen LogP contribution < -0.4 is 25.0 Å². The molecular formula is C26H27N3O5. The average Bonchev–Trinajstić information content (AvgIpc) is 2.85. The minimum Gasteiger partial charge on any atom is -0.490 e. The Morgan fingerprint density at radius 3 is 2.38 bits per heavy atom. The van der Waals surface area contributed by atoms with Crippen molar-refractivity contribution in [1.29, 1.82) is 0 Å². The molecule has 3 aromatic rings. The molecule has 0 fully saturated rings. The lowest BCUT2D eigenvalue weighted by atomic mass is 10.2. The molecule has 0 radical (unpaired) electrons. The summed E-state index contributed by atoms with van der Waals surface area (Å²) in [5.74, 6) is 0.941. The van der Waals surface area contributed by atoms with Gasteiger partial charge in [0.05, 0.1) is 19.4 Å². The number of nitrogens with one attached hydrogen (secondary N) is 2. The number of carbonyl (C=O) groups is 2. The molecule has 0 aliphatic rings. The van der Waals surface area contributed by atoms with Crippen LogP contribution in [0.15, 0.2) is 77.9 Å². The van der Waals surface area contributed by atoms with Gasteiger partial charge in [-0.15, -0.1) is 0 Å². The number of anilines is 1. The van der Waals surface area contributed by atoms with Crippen molar-refractivity contribution in [3.63, 3.8) is 0 Å². The predicted octanol–water partition coefficient (Wildman–Crippen LogP) is 4.27. The van der Waals surface area contributed by atoms with Crippen LogP contribution in [0.25, 0.3) is 0 Å². The lowest BCUT2D eigenvalue weighted by Gasteiger charge is -2.11. The lowest BCUT2D eigenvalue weighted by molar-refractivity contribution is -0.118. The number of benzene rings is 3. The molecule has 34 heavy (non-hydrogen) atoms. The van der Waals surface area contributed by atoms with Gasteiger partial charge in [-0.25, -0.2) is 5.43 Å². The zero-order chi connectivity index (χ0) is 24.2. The Morgan fingerprint density at radius 2 is 1.62 bits per heavy atom. The van der Waals surface area contributed by atoms with Gasteiger partial charge < -0.3 is 19.5 Å². The van der Waals surface area contributed by atoms with Crippen LogP contribution in [0.3, 0.4) is 0 Å². The van der Waals surface area contributed by atoms with E-state index in [0.717, 1.165) is 0 Å². The summed E-state index contributed by atoms with van der Waals surface area (Å²) in [6.07, 6.45) is 1.49. The topological polar surface area (TPSA) is 98.3 Å². The van der Waals surface area contributed by atoms with Gasteiger partial charge in [-0.2, -0.15) is 5.10 Å². The van der Waals surface area contributed by atoms with Crippen LogP contribution >= 0.6 is 0 Å². The summed E-state index contributed by atoms with van der Waals surface area (Å²) >= 11 is 0. The first-order valence-corrected chi connectivity index (χ1v) is 10.9. The molecule has 0 atom stereocenters. The quantitative estimate of drug-likeness (QED) is 0.328. The second-order valence-electron chi connectivity index (χ2n) is 7.00. The molecule has 2 N–H and O–H groups in total. The Morgan fingerprint density at radius 1 is 0.853 bits per heavy atom. The number of carbonyl (C=O) groups excluding carboxylic acids is 2. The first kappa shape index (κ1) is 24.3. The fourth-order valence-electron chi connectivity index (χ4n) is 2.97. The highest BCUT2D eigenvalue weighted by Crippen LogP contribution is 2.28. The van der Waals surface area contributed by atoms with Crippen LogP contribution in [-0.2, 0) is 4.79 Å². The number of amides is 2. The van der Waals surface area contributed by atoms with Gasteiger partial charge in [0.25, 0.3) is 11.8 Å². The van der Waals surface area contributed by atoms with Crippen LogP contribution in [0.2, 0.25) is 0 Å². The Kier molecular flexibility index (Phi) is 9.04. The Labute approximate surface area is 198 Å². The van der Waals surface area contributed by atoms with Crippen LogP contribution in [0.4, 0.5) is 5.69 Å². The zero-order valence-corrected chi connectivity index (χ0v) is 19.1. The molecule has 8 nitrogen and oxygen atoms in total. The minimum absolute atomic E-state index is 0.133. The Hall–Kier alpha value is -4.33. The molecule has 0 aliphatic carbocycles. The molecular weight excluding hydrogens is 434 g/mol. The third-order valence-corrected chi connectivity index (χ3v) is 4.47. The summed E-state index contributed by atoms with van der Waals surface area (Å²) in [5.41, 5.74) is 4.29. The Bertz CT molecular complexity index is 1130. The smallest absolute Gasteiger partial charge is 0.271 e. The minimum atomic E-state index is -0.384. The van der Waals surface area contributed by atoms with Gasteiger partial charge in [0, 0.05) is 11.3 Å². The second kappa shape index (κ2) is 12.6. The first-order chi connectivity index (χ1) is 16.6. The fourth-order valence-corrected chi connectivity index (χ4v) is 2.97. The summed E-state index contributed by atoms with van der Waals surface area (Å²) in [6.45, 7) is 4.56. The van der Waals surface area contributed by atoms with Gasteiger partial charge in [-0.1, -0.05) is 30.3 Å². The number of hydrogen-bond acceptors (Lipinski definition) is 6. The highest BCUT2D eigenvalue weighted by Gasteiger charge is 2.11. The number of hydrogen-bond donors (Lipinski definition) is 2. The van der Waals surface area contributed by atoms with Crippen molar-refractivity contribution in [2.45, 2.75) is 13.8 Å². The normalized spacial score (nSPS) is 10.5. The summed E-state index contributed by atoms with van der Waals surface area (Å²) in [5, 5.41) is 6.77. The van der Waals surface area contributed by atoms with E-state index in [1.165, 1.54) is 6.21 Å². The third-order valence-electron chi connectivity index (χ3n) is 4.47. The fraction of sp³-hybridized carbons (Fsp3) is 0.192. The molecule has 3 rings (SSSR count). The first-order valence-electron chi connectivity index (χ1n) is 10.9. The number of nitrogens with zero attached hydrogens (tertiary/aromatic N) is 1. The van der Waals surface area contributed by atoms with Gasteiger partial charge in [0.1, 0.15) is 5.75 Å². The van der Waals surface area contributed by atoms with Crippen molar-refractivity contribution in [2.75, 3.05) is 25.1 Å². The van der Waals surface area contributed by atoms with Crippen molar-refractivity contribution in [3.05, 3.63) is 83.9 Å². The van der Waals surface area contributed by atoms with E-state index in [1.54, 1.807) is 54.6 Å². The maximum absolute atomic E-state index is 12.5. The molecule has 2 amide bonds. The molecule has 176 valence electrons. The lowest BCUT2D eigenvalue weighted by Crippen LogP contribution is -2.20. The molecule has 0 saturated heterocycles. The summed E-state index contributed by atoms with van der Waals surface area (Å²) in [7, 11) is 0. The Balaban J connectivity index is 1.54. The van der Waals surface area contributed by atoms with Crippen LogP contribution in [0.5, 0.6) is 17.2 Å². The van der Waals surface area contributed by atoms with E-state index >= 15 is 0 Å². The highest BCUT2D eigenvalue weighted by molar-refractivity contribution is 5.95. The van der Waals surface area contributed by atoms with E-state index in [9.17, 15) is 9.59 Å². The van der Waals surface area contributed by atoms with Crippen molar-refractivity contribution >= 4 is 23.7 Å². The average molecular weight is 462 g/mol. The molecule has 0 aliphatic heterocycles. The number of rotatable bonds is 11. The van der Waals surface area contributed by atoms with Gasteiger partial charge in [-0.05, 0) is 61.9 Å². The molecule has 0 unspecified atom stereocenters. The molecule has 0 spiro atoms. The molecule has 0 bridgehead atoms. The number of hydrazone groups is 1. The van der Waals surface area contributed by atoms with E-state index in [1.807, 2.05) is 32.0 Å².